The number of aliphatic hydroxyl groups excluding tert-OH is 1. The molecule has 0 spiro atoms. The Labute approximate surface area is 135 Å². The molecule has 0 aromatic heterocycles. The van der Waals surface area contributed by atoms with E-state index in [0.29, 0.717) is 6.04 Å². The van der Waals surface area contributed by atoms with Crippen LogP contribution in [0.3, 0.4) is 0 Å². The Bertz CT molecular complexity index is 527. The molecule has 2 nitrogen and oxygen atoms in total. The van der Waals surface area contributed by atoms with Crippen LogP contribution in [0.2, 0.25) is 0 Å². The van der Waals surface area contributed by atoms with Gasteiger partial charge in [0.2, 0.25) is 0 Å². The van der Waals surface area contributed by atoms with Gasteiger partial charge in [-0.2, -0.15) is 0 Å². The highest BCUT2D eigenvalue weighted by atomic mass is 79.9. The summed E-state index contributed by atoms with van der Waals surface area (Å²) < 4.78 is 1.10. The summed E-state index contributed by atoms with van der Waals surface area (Å²) in [4.78, 5) is 0. The second-order valence-electron chi connectivity index (χ2n) is 5.47. The van der Waals surface area contributed by atoms with Crippen molar-refractivity contribution in [2.45, 2.75) is 31.8 Å². The molecule has 0 radical (unpaired) electrons. The molecular formula is C18H22BrNO. The van der Waals surface area contributed by atoms with Crippen molar-refractivity contribution < 1.29 is 5.11 Å². The molecule has 0 aliphatic rings. The Hall–Kier alpha value is -1.16. The van der Waals surface area contributed by atoms with Crippen molar-refractivity contribution in [3.8, 4) is 0 Å². The van der Waals surface area contributed by atoms with Crippen LogP contribution in [0.4, 0.5) is 0 Å². The van der Waals surface area contributed by atoms with Gasteiger partial charge >= 0.3 is 0 Å². The summed E-state index contributed by atoms with van der Waals surface area (Å²) in [5.74, 6) is 0. The number of halogens is 1. The van der Waals surface area contributed by atoms with E-state index in [1.54, 1.807) is 0 Å². The summed E-state index contributed by atoms with van der Waals surface area (Å²) in [6.45, 7) is 2.31. The fraction of sp³-hybridized carbons (Fsp3) is 0.333. The molecule has 0 saturated carbocycles. The summed E-state index contributed by atoms with van der Waals surface area (Å²) in [5.41, 5.74) is 2.55. The number of nitrogens with one attached hydrogen (secondary N) is 1. The van der Waals surface area contributed by atoms with E-state index in [1.807, 2.05) is 18.2 Å². The highest BCUT2D eigenvalue weighted by Gasteiger charge is 2.12. The van der Waals surface area contributed by atoms with Crippen molar-refractivity contribution in [3.63, 3.8) is 0 Å². The van der Waals surface area contributed by atoms with Gasteiger partial charge in [-0.1, -0.05) is 58.4 Å². The number of hydrogen-bond acceptors (Lipinski definition) is 2. The number of rotatable bonds is 7. The molecule has 0 bridgehead atoms. The first-order valence-corrected chi connectivity index (χ1v) is 8.12. The molecule has 0 saturated heterocycles. The van der Waals surface area contributed by atoms with Gasteiger partial charge in [0, 0.05) is 16.6 Å². The average Bonchev–Trinajstić information content (AvgIpc) is 2.50. The third-order valence-electron chi connectivity index (χ3n) is 3.52. The quantitative estimate of drug-likeness (QED) is 0.802. The molecular weight excluding hydrogens is 326 g/mol. The first-order valence-electron chi connectivity index (χ1n) is 7.32. The SMILES string of the molecule is CC(Cc1ccc(Br)cc1)NC(CO)Cc1ccccc1. The average molecular weight is 348 g/mol. The minimum atomic E-state index is 0.0952. The van der Waals surface area contributed by atoms with E-state index in [4.69, 9.17) is 0 Å². The molecule has 0 fully saturated rings. The van der Waals surface area contributed by atoms with Gasteiger partial charge in [0.25, 0.3) is 0 Å². The van der Waals surface area contributed by atoms with Crippen LogP contribution in [0.15, 0.2) is 59.1 Å². The molecule has 2 N–H and O–H groups in total. The first kappa shape index (κ1) is 16.2. The monoisotopic (exact) mass is 347 g/mol. The third-order valence-corrected chi connectivity index (χ3v) is 4.05. The molecule has 2 unspecified atom stereocenters. The fourth-order valence-electron chi connectivity index (χ4n) is 2.51. The lowest BCUT2D eigenvalue weighted by molar-refractivity contribution is 0.232. The predicted octanol–water partition coefficient (Wildman–Crippen LogP) is 3.57. The lowest BCUT2D eigenvalue weighted by atomic mass is 10.0. The van der Waals surface area contributed by atoms with Gasteiger partial charge in [-0.25, -0.2) is 0 Å². The van der Waals surface area contributed by atoms with Gasteiger partial charge in [-0.3, -0.25) is 0 Å². The van der Waals surface area contributed by atoms with Gasteiger partial charge < -0.3 is 10.4 Å². The molecule has 21 heavy (non-hydrogen) atoms. The Kier molecular flexibility index (Phi) is 6.43. The minimum Gasteiger partial charge on any atom is -0.395 e. The summed E-state index contributed by atoms with van der Waals surface area (Å²) >= 11 is 3.45. The lowest BCUT2D eigenvalue weighted by Gasteiger charge is -2.22. The molecule has 2 aromatic rings. The van der Waals surface area contributed by atoms with Crippen LogP contribution in [0.1, 0.15) is 18.1 Å². The standard InChI is InChI=1S/C18H22BrNO/c1-14(11-16-7-9-17(19)10-8-16)20-18(13-21)12-15-5-3-2-4-6-15/h2-10,14,18,20-21H,11-13H2,1H3. The maximum atomic E-state index is 9.57. The second kappa shape index (κ2) is 8.32. The molecule has 0 aliphatic heterocycles. The Morgan fingerprint density at radius 3 is 2.19 bits per heavy atom. The molecule has 3 heteroatoms. The largest absolute Gasteiger partial charge is 0.395 e. The van der Waals surface area contributed by atoms with Crippen LogP contribution in [0.5, 0.6) is 0 Å². The molecule has 0 amide bonds. The second-order valence-corrected chi connectivity index (χ2v) is 6.38. The smallest absolute Gasteiger partial charge is 0.0587 e. The van der Waals surface area contributed by atoms with Gasteiger partial charge in [-0.05, 0) is 43.0 Å². The van der Waals surface area contributed by atoms with E-state index in [1.165, 1.54) is 11.1 Å². The lowest BCUT2D eigenvalue weighted by Crippen LogP contribution is -2.41. The number of aliphatic hydroxyl groups is 1. The molecule has 2 rings (SSSR count). The predicted molar refractivity (Wildman–Crippen MR) is 91.5 cm³/mol. The van der Waals surface area contributed by atoms with Crippen molar-refractivity contribution in [3.05, 3.63) is 70.2 Å². The van der Waals surface area contributed by atoms with E-state index in [9.17, 15) is 5.11 Å². The number of hydrogen-bond donors (Lipinski definition) is 2. The van der Waals surface area contributed by atoms with Crippen molar-refractivity contribution in [1.29, 1.82) is 0 Å². The van der Waals surface area contributed by atoms with E-state index < -0.39 is 0 Å². The first-order chi connectivity index (χ1) is 10.2. The highest BCUT2D eigenvalue weighted by molar-refractivity contribution is 9.10. The van der Waals surface area contributed by atoms with Crippen molar-refractivity contribution >= 4 is 15.9 Å². The van der Waals surface area contributed by atoms with Gasteiger partial charge in [0.15, 0.2) is 0 Å². The Morgan fingerprint density at radius 1 is 0.952 bits per heavy atom. The zero-order valence-electron chi connectivity index (χ0n) is 12.3. The van der Waals surface area contributed by atoms with Gasteiger partial charge in [0.1, 0.15) is 0 Å². The van der Waals surface area contributed by atoms with Crippen LogP contribution in [0.25, 0.3) is 0 Å². The zero-order valence-corrected chi connectivity index (χ0v) is 13.9. The van der Waals surface area contributed by atoms with Crippen molar-refractivity contribution in [2.75, 3.05) is 6.61 Å². The van der Waals surface area contributed by atoms with Gasteiger partial charge in [0.05, 0.1) is 6.61 Å². The summed E-state index contributed by atoms with van der Waals surface area (Å²) in [7, 11) is 0. The molecule has 0 heterocycles. The normalized spacial score (nSPS) is 13.9. The Balaban J connectivity index is 1.87. The topological polar surface area (TPSA) is 32.3 Å². The van der Waals surface area contributed by atoms with E-state index in [2.05, 4.69) is 64.6 Å². The maximum absolute atomic E-state index is 9.57. The van der Waals surface area contributed by atoms with Crippen molar-refractivity contribution in [1.82, 2.24) is 5.32 Å². The Morgan fingerprint density at radius 2 is 1.57 bits per heavy atom. The van der Waals surface area contributed by atoms with Crippen LogP contribution in [-0.4, -0.2) is 23.8 Å². The molecule has 112 valence electrons. The maximum Gasteiger partial charge on any atom is 0.0587 e. The molecule has 2 aromatic carbocycles. The summed E-state index contributed by atoms with van der Waals surface area (Å²) in [6, 6.07) is 19.1. The highest BCUT2D eigenvalue weighted by Crippen LogP contribution is 2.12. The van der Waals surface area contributed by atoms with Crippen LogP contribution in [0, 0.1) is 0 Å². The minimum absolute atomic E-state index is 0.0952. The van der Waals surface area contributed by atoms with Gasteiger partial charge in [-0.15, -0.1) is 0 Å². The third kappa shape index (κ3) is 5.62. The molecule has 2 atom stereocenters. The summed E-state index contributed by atoms with van der Waals surface area (Å²) in [6.07, 6.45) is 1.81. The van der Waals surface area contributed by atoms with Crippen LogP contribution < -0.4 is 5.32 Å². The zero-order chi connectivity index (χ0) is 15.1. The summed E-state index contributed by atoms with van der Waals surface area (Å²) in [5, 5.41) is 13.1. The van der Waals surface area contributed by atoms with Crippen LogP contribution >= 0.6 is 15.9 Å². The fourth-order valence-corrected chi connectivity index (χ4v) is 2.77. The molecule has 0 aliphatic carbocycles. The van der Waals surface area contributed by atoms with Crippen molar-refractivity contribution in [2.24, 2.45) is 0 Å². The van der Waals surface area contributed by atoms with Crippen LogP contribution in [-0.2, 0) is 12.8 Å². The number of benzene rings is 2. The van der Waals surface area contributed by atoms with E-state index in [0.717, 1.165) is 17.3 Å². The van der Waals surface area contributed by atoms with E-state index in [-0.39, 0.29) is 12.6 Å². The van der Waals surface area contributed by atoms with E-state index >= 15 is 0 Å².